The Morgan fingerprint density at radius 3 is 2.89 bits per heavy atom. The van der Waals surface area contributed by atoms with Gasteiger partial charge in [-0.2, -0.15) is 0 Å². The van der Waals surface area contributed by atoms with E-state index in [2.05, 4.69) is 0 Å². The first-order chi connectivity index (χ1) is 8.51. The molecule has 4 nitrogen and oxygen atoms in total. The second-order valence-corrected chi connectivity index (χ2v) is 6.04. The van der Waals surface area contributed by atoms with Crippen LogP contribution in [0.2, 0.25) is 0 Å². The summed E-state index contributed by atoms with van der Waals surface area (Å²) < 4.78 is 0. The number of thiophene rings is 1. The highest BCUT2D eigenvalue weighted by molar-refractivity contribution is 7.09. The van der Waals surface area contributed by atoms with Gasteiger partial charge in [-0.25, -0.2) is 0 Å². The second kappa shape index (κ2) is 5.10. The Morgan fingerprint density at radius 2 is 2.33 bits per heavy atom. The third kappa shape index (κ3) is 2.72. The van der Waals surface area contributed by atoms with Crippen molar-refractivity contribution in [3.05, 3.63) is 22.4 Å². The smallest absolute Gasteiger partial charge is 0.311 e. The quantitative estimate of drug-likeness (QED) is 0.907. The van der Waals surface area contributed by atoms with E-state index in [9.17, 15) is 9.59 Å². The van der Waals surface area contributed by atoms with Crippen LogP contribution in [0.1, 0.15) is 24.6 Å². The molecule has 2 rings (SSSR count). The van der Waals surface area contributed by atoms with Crippen LogP contribution in [-0.2, 0) is 16.0 Å². The molecule has 0 saturated carbocycles. The molecule has 1 fully saturated rings. The van der Waals surface area contributed by atoms with Gasteiger partial charge >= 0.3 is 5.97 Å². The van der Waals surface area contributed by atoms with E-state index < -0.39 is 11.4 Å². The molecule has 0 radical (unpaired) electrons. The van der Waals surface area contributed by atoms with Gasteiger partial charge in [0.2, 0.25) is 5.91 Å². The summed E-state index contributed by atoms with van der Waals surface area (Å²) in [4.78, 5) is 26.0. The SMILES string of the molecule is CC1(C(=O)O)CCN(C(=O)CCc2cccs2)C1. The highest BCUT2D eigenvalue weighted by Crippen LogP contribution is 2.30. The zero-order chi connectivity index (χ0) is 13.2. The number of carbonyl (C=O) groups is 2. The molecule has 1 aliphatic heterocycles. The molecule has 18 heavy (non-hydrogen) atoms. The Labute approximate surface area is 110 Å². The molecule has 0 aromatic carbocycles. The van der Waals surface area contributed by atoms with Crippen molar-refractivity contribution in [1.29, 1.82) is 0 Å². The monoisotopic (exact) mass is 267 g/mol. The first-order valence-electron chi connectivity index (χ1n) is 6.05. The van der Waals surface area contributed by atoms with Crippen LogP contribution in [-0.4, -0.2) is 35.0 Å². The van der Waals surface area contributed by atoms with Crippen LogP contribution < -0.4 is 0 Å². The van der Waals surface area contributed by atoms with Gasteiger partial charge in [-0.15, -0.1) is 11.3 Å². The van der Waals surface area contributed by atoms with E-state index in [-0.39, 0.29) is 5.91 Å². The van der Waals surface area contributed by atoms with Gasteiger partial charge in [0.1, 0.15) is 0 Å². The predicted molar refractivity (Wildman–Crippen MR) is 69.6 cm³/mol. The van der Waals surface area contributed by atoms with Gasteiger partial charge in [-0.1, -0.05) is 6.07 Å². The Bertz CT molecular complexity index is 443. The lowest BCUT2D eigenvalue weighted by atomic mass is 9.90. The van der Waals surface area contributed by atoms with Crippen molar-refractivity contribution < 1.29 is 14.7 Å². The third-order valence-corrected chi connectivity index (χ3v) is 4.44. The number of nitrogens with zero attached hydrogens (tertiary/aromatic N) is 1. The standard InChI is InChI=1S/C13H17NO3S/c1-13(12(16)17)6-7-14(9-13)11(15)5-4-10-3-2-8-18-10/h2-3,8H,4-7,9H2,1H3,(H,16,17). The van der Waals surface area contributed by atoms with Crippen molar-refractivity contribution >= 4 is 23.2 Å². The number of hydrogen-bond acceptors (Lipinski definition) is 3. The van der Waals surface area contributed by atoms with Gasteiger partial charge < -0.3 is 10.0 Å². The van der Waals surface area contributed by atoms with E-state index in [0.717, 1.165) is 6.42 Å². The summed E-state index contributed by atoms with van der Waals surface area (Å²) in [5.74, 6) is -0.746. The number of carboxylic acids is 1. The molecule has 5 heteroatoms. The largest absolute Gasteiger partial charge is 0.481 e. The molecule has 1 aromatic rings. The fourth-order valence-corrected chi connectivity index (χ4v) is 2.90. The number of likely N-dealkylation sites (tertiary alicyclic amines) is 1. The van der Waals surface area contributed by atoms with Gasteiger partial charge in [0.05, 0.1) is 5.41 Å². The number of rotatable bonds is 4. The minimum Gasteiger partial charge on any atom is -0.481 e. The summed E-state index contributed by atoms with van der Waals surface area (Å²) in [6, 6.07) is 3.99. The van der Waals surface area contributed by atoms with Gasteiger partial charge in [-0.3, -0.25) is 9.59 Å². The lowest BCUT2D eigenvalue weighted by molar-refractivity contribution is -0.147. The molecule has 1 aliphatic rings. The molecular formula is C13H17NO3S. The minimum atomic E-state index is -0.809. The highest BCUT2D eigenvalue weighted by atomic mass is 32.1. The highest BCUT2D eigenvalue weighted by Gasteiger charge is 2.41. The molecular weight excluding hydrogens is 250 g/mol. The van der Waals surface area contributed by atoms with E-state index in [1.165, 1.54) is 4.88 Å². The number of amides is 1. The maximum Gasteiger partial charge on any atom is 0.311 e. The predicted octanol–water partition coefficient (Wildman–Crippen LogP) is 2.00. The Kier molecular flexibility index (Phi) is 3.71. The molecule has 1 saturated heterocycles. The van der Waals surface area contributed by atoms with Crippen LogP contribution in [0.5, 0.6) is 0 Å². The lowest BCUT2D eigenvalue weighted by Gasteiger charge is -2.20. The number of aryl methyl sites for hydroxylation is 1. The third-order valence-electron chi connectivity index (χ3n) is 3.51. The zero-order valence-electron chi connectivity index (χ0n) is 10.4. The summed E-state index contributed by atoms with van der Waals surface area (Å²) in [6.07, 6.45) is 1.76. The summed E-state index contributed by atoms with van der Waals surface area (Å²) in [6.45, 7) is 2.61. The van der Waals surface area contributed by atoms with Crippen molar-refractivity contribution in [2.75, 3.05) is 13.1 Å². The van der Waals surface area contributed by atoms with Crippen LogP contribution in [0.4, 0.5) is 0 Å². The van der Waals surface area contributed by atoms with Crippen molar-refractivity contribution in [3.8, 4) is 0 Å². The molecule has 1 amide bonds. The Morgan fingerprint density at radius 1 is 1.56 bits per heavy atom. The molecule has 1 aromatic heterocycles. The molecule has 0 aliphatic carbocycles. The summed E-state index contributed by atoms with van der Waals surface area (Å²) >= 11 is 1.65. The van der Waals surface area contributed by atoms with Crippen molar-refractivity contribution in [3.63, 3.8) is 0 Å². The van der Waals surface area contributed by atoms with Crippen molar-refractivity contribution in [2.24, 2.45) is 5.41 Å². The first kappa shape index (κ1) is 13.1. The molecule has 1 unspecified atom stereocenters. The number of aliphatic carboxylic acids is 1. The fourth-order valence-electron chi connectivity index (χ4n) is 2.19. The summed E-state index contributed by atoms with van der Waals surface area (Å²) in [5, 5.41) is 11.1. The average Bonchev–Trinajstić information content (AvgIpc) is 2.95. The minimum absolute atomic E-state index is 0.0633. The molecule has 2 heterocycles. The van der Waals surface area contributed by atoms with Gasteiger partial charge in [0, 0.05) is 24.4 Å². The maximum atomic E-state index is 12.0. The fraction of sp³-hybridized carbons (Fsp3) is 0.538. The second-order valence-electron chi connectivity index (χ2n) is 5.01. The maximum absolute atomic E-state index is 12.0. The molecule has 1 N–H and O–H groups in total. The van der Waals surface area contributed by atoms with Crippen LogP contribution in [0, 0.1) is 5.41 Å². The van der Waals surface area contributed by atoms with E-state index in [4.69, 9.17) is 5.11 Å². The Hall–Kier alpha value is -1.36. The first-order valence-corrected chi connectivity index (χ1v) is 6.93. The number of hydrogen-bond donors (Lipinski definition) is 1. The topological polar surface area (TPSA) is 57.6 Å². The van der Waals surface area contributed by atoms with E-state index in [1.807, 2.05) is 17.5 Å². The lowest BCUT2D eigenvalue weighted by Crippen LogP contribution is -2.34. The van der Waals surface area contributed by atoms with Crippen LogP contribution >= 0.6 is 11.3 Å². The average molecular weight is 267 g/mol. The molecule has 0 bridgehead atoms. The van der Waals surface area contributed by atoms with Gasteiger partial charge in [0.15, 0.2) is 0 Å². The van der Waals surface area contributed by atoms with E-state index in [0.29, 0.717) is 25.9 Å². The van der Waals surface area contributed by atoms with Gasteiger partial charge in [0.25, 0.3) is 0 Å². The Balaban J connectivity index is 1.86. The zero-order valence-corrected chi connectivity index (χ0v) is 11.2. The number of carbonyl (C=O) groups excluding carboxylic acids is 1. The van der Waals surface area contributed by atoms with Crippen molar-refractivity contribution in [1.82, 2.24) is 4.90 Å². The van der Waals surface area contributed by atoms with Crippen molar-refractivity contribution in [2.45, 2.75) is 26.2 Å². The normalized spacial score (nSPS) is 23.3. The van der Waals surface area contributed by atoms with E-state index >= 15 is 0 Å². The summed E-state index contributed by atoms with van der Waals surface area (Å²) in [5.41, 5.74) is -0.765. The van der Waals surface area contributed by atoms with E-state index in [1.54, 1.807) is 23.2 Å². The summed E-state index contributed by atoms with van der Waals surface area (Å²) in [7, 11) is 0. The van der Waals surface area contributed by atoms with Crippen LogP contribution in [0.3, 0.4) is 0 Å². The number of carboxylic acid groups (broad SMARTS) is 1. The van der Waals surface area contributed by atoms with Crippen LogP contribution in [0.15, 0.2) is 17.5 Å². The van der Waals surface area contributed by atoms with Crippen LogP contribution in [0.25, 0.3) is 0 Å². The molecule has 1 atom stereocenters. The van der Waals surface area contributed by atoms with Gasteiger partial charge in [-0.05, 0) is 31.2 Å². The molecule has 98 valence electrons. The molecule has 0 spiro atoms.